The minimum atomic E-state index is -0.780. The van der Waals surface area contributed by atoms with Crippen LogP contribution in [0.1, 0.15) is 29.8 Å². The van der Waals surface area contributed by atoms with Crippen LogP contribution < -0.4 is 10.2 Å². The van der Waals surface area contributed by atoms with E-state index in [1.807, 2.05) is 30.3 Å². The smallest absolute Gasteiger partial charge is 0.289 e. The molecule has 2 fully saturated rings. The molecule has 4 rings (SSSR count). The maximum atomic E-state index is 13.6. The van der Waals surface area contributed by atoms with Gasteiger partial charge in [0, 0.05) is 39.0 Å². The molecule has 2 aromatic rings. The molecule has 0 saturated carbocycles. The van der Waals surface area contributed by atoms with Crippen molar-refractivity contribution in [3.63, 3.8) is 0 Å². The predicted octanol–water partition coefficient (Wildman–Crippen LogP) is 1.71. The molecule has 0 radical (unpaired) electrons. The Morgan fingerprint density at radius 3 is 2.55 bits per heavy atom. The first kappa shape index (κ1) is 22.8. The summed E-state index contributed by atoms with van der Waals surface area (Å²) in [5.74, 6) is -0.118. The highest BCUT2D eigenvalue weighted by molar-refractivity contribution is 5.97. The Morgan fingerprint density at radius 1 is 1.12 bits per heavy atom. The van der Waals surface area contributed by atoms with E-state index in [0.717, 1.165) is 12.1 Å². The summed E-state index contributed by atoms with van der Waals surface area (Å²) in [6.45, 7) is 2.29. The summed E-state index contributed by atoms with van der Waals surface area (Å²) < 4.78 is 10.3. The fourth-order valence-electron chi connectivity index (χ4n) is 4.63. The highest BCUT2D eigenvalue weighted by Crippen LogP contribution is 2.39. The minimum absolute atomic E-state index is 0.00589. The molecule has 0 unspecified atom stereocenters. The zero-order valence-corrected chi connectivity index (χ0v) is 18.9. The van der Waals surface area contributed by atoms with Gasteiger partial charge in [-0.05, 0) is 43.5 Å². The lowest BCUT2D eigenvalue weighted by Gasteiger charge is -2.43. The van der Waals surface area contributed by atoms with Crippen molar-refractivity contribution in [2.24, 2.45) is 0 Å². The van der Waals surface area contributed by atoms with E-state index in [9.17, 15) is 14.4 Å². The maximum absolute atomic E-state index is 13.6. The number of carbonyl (C=O) groups excluding carboxylic acids is 3. The van der Waals surface area contributed by atoms with Gasteiger partial charge >= 0.3 is 0 Å². The van der Waals surface area contributed by atoms with Crippen molar-refractivity contribution in [1.82, 2.24) is 15.1 Å². The fourth-order valence-corrected chi connectivity index (χ4v) is 4.63. The number of hydrogen-bond acceptors (Lipinski definition) is 6. The molecule has 1 N–H and O–H groups in total. The molecule has 9 heteroatoms. The molecule has 176 valence electrons. The van der Waals surface area contributed by atoms with Gasteiger partial charge in [0.1, 0.15) is 12.1 Å². The molecule has 1 aromatic heterocycles. The summed E-state index contributed by atoms with van der Waals surface area (Å²) in [7, 11) is 1.62. The van der Waals surface area contributed by atoms with Crippen LogP contribution in [0.25, 0.3) is 0 Å². The van der Waals surface area contributed by atoms with Crippen molar-refractivity contribution >= 4 is 23.4 Å². The van der Waals surface area contributed by atoms with Gasteiger partial charge in [-0.1, -0.05) is 18.2 Å². The van der Waals surface area contributed by atoms with Gasteiger partial charge in [-0.2, -0.15) is 0 Å². The molecule has 9 nitrogen and oxygen atoms in total. The summed E-state index contributed by atoms with van der Waals surface area (Å²) in [6.07, 6.45) is 3.17. The van der Waals surface area contributed by atoms with Crippen LogP contribution >= 0.6 is 0 Å². The average molecular weight is 455 g/mol. The second kappa shape index (κ2) is 10.1. The SMILES string of the molecule is COCCCNC(=O)CN1CN(c2ccccc2)C2(CCN(C(=O)c3ccco3)CC2)C1=O. The maximum Gasteiger partial charge on any atom is 0.289 e. The number of ether oxygens (including phenoxy) is 1. The molecule has 2 aliphatic heterocycles. The normalized spacial score (nSPS) is 17.6. The zero-order chi connectivity index (χ0) is 23.3. The van der Waals surface area contributed by atoms with Crippen LogP contribution in [0.5, 0.6) is 0 Å². The largest absolute Gasteiger partial charge is 0.459 e. The van der Waals surface area contributed by atoms with Crippen LogP contribution in [0.4, 0.5) is 5.69 Å². The number of anilines is 1. The van der Waals surface area contributed by atoms with E-state index >= 15 is 0 Å². The van der Waals surface area contributed by atoms with Crippen molar-refractivity contribution in [3.05, 3.63) is 54.5 Å². The molecule has 1 aromatic carbocycles. The molecule has 0 aliphatic carbocycles. The summed E-state index contributed by atoms with van der Waals surface area (Å²) >= 11 is 0. The van der Waals surface area contributed by atoms with Gasteiger partial charge in [-0.15, -0.1) is 0 Å². The van der Waals surface area contributed by atoms with Crippen LogP contribution in [0.3, 0.4) is 0 Å². The van der Waals surface area contributed by atoms with Crippen molar-refractivity contribution in [2.75, 3.05) is 51.5 Å². The van der Waals surface area contributed by atoms with E-state index in [1.165, 1.54) is 6.26 Å². The highest BCUT2D eigenvalue weighted by Gasteiger charge is 2.54. The molecular weight excluding hydrogens is 424 g/mol. The number of furan rings is 1. The van der Waals surface area contributed by atoms with Crippen molar-refractivity contribution in [1.29, 1.82) is 0 Å². The van der Waals surface area contributed by atoms with Crippen LogP contribution in [0.15, 0.2) is 53.1 Å². The third-order valence-electron chi connectivity index (χ3n) is 6.37. The number of methoxy groups -OCH3 is 1. The Morgan fingerprint density at radius 2 is 1.88 bits per heavy atom. The topological polar surface area (TPSA) is 95.3 Å². The van der Waals surface area contributed by atoms with Gasteiger partial charge in [0.25, 0.3) is 11.8 Å². The molecular formula is C24H30N4O5. The summed E-state index contributed by atoms with van der Waals surface area (Å²) in [6, 6.07) is 13.1. The average Bonchev–Trinajstić information content (AvgIpc) is 3.47. The first-order valence-corrected chi connectivity index (χ1v) is 11.3. The van der Waals surface area contributed by atoms with E-state index in [0.29, 0.717) is 51.5 Å². The molecule has 1 spiro atoms. The standard InChI is InChI=1S/C24H30N4O5/c1-32-15-6-12-25-21(29)17-27-18-28(19-7-3-2-4-8-19)24(23(27)31)10-13-26(14-11-24)22(30)20-9-5-16-33-20/h2-5,7-9,16H,6,10-15,17-18H2,1H3,(H,25,29). The van der Waals surface area contributed by atoms with Crippen LogP contribution in [-0.2, 0) is 14.3 Å². The second-order valence-electron chi connectivity index (χ2n) is 8.41. The lowest BCUT2D eigenvalue weighted by atomic mass is 9.85. The lowest BCUT2D eigenvalue weighted by molar-refractivity contribution is -0.137. The summed E-state index contributed by atoms with van der Waals surface area (Å²) in [4.78, 5) is 44.3. The van der Waals surface area contributed by atoms with Gasteiger partial charge in [-0.25, -0.2) is 0 Å². The van der Waals surface area contributed by atoms with Crippen molar-refractivity contribution in [2.45, 2.75) is 24.8 Å². The van der Waals surface area contributed by atoms with Gasteiger partial charge in [-0.3, -0.25) is 14.4 Å². The summed E-state index contributed by atoms with van der Waals surface area (Å²) in [5, 5.41) is 2.85. The number of para-hydroxylation sites is 1. The second-order valence-corrected chi connectivity index (χ2v) is 8.41. The molecule has 3 amide bonds. The number of amides is 3. The van der Waals surface area contributed by atoms with E-state index in [-0.39, 0.29) is 24.3 Å². The molecule has 2 aliphatic rings. The Kier molecular flexibility index (Phi) is 6.98. The number of carbonyl (C=O) groups is 3. The number of rotatable bonds is 8. The number of piperidine rings is 1. The van der Waals surface area contributed by atoms with E-state index in [1.54, 1.807) is 29.0 Å². The first-order chi connectivity index (χ1) is 16.0. The van der Waals surface area contributed by atoms with Gasteiger partial charge in [0.2, 0.25) is 5.91 Å². The van der Waals surface area contributed by atoms with Crippen molar-refractivity contribution < 1.29 is 23.5 Å². The van der Waals surface area contributed by atoms with Crippen LogP contribution in [-0.4, -0.2) is 79.6 Å². The van der Waals surface area contributed by atoms with E-state index < -0.39 is 5.54 Å². The number of nitrogens with zero attached hydrogens (tertiary/aromatic N) is 3. The van der Waals surface area contributed by atoms with E-state index in [2.05, 4.69) is 10.2 Å². The zero-order valence-electron chi connectivity index (χ0n) is 18.9. The highest BCUT2D eigenvalue weighted by atomic mass is 16.5. The van der Waals surface area contributed by atoms with Gasteiger partial charge < -0.3 is 29.2 Å². The molecule has 0 atom stereocenters. The Balaban J connectivity index is 1.48. The third-order valence-corrected chi connectivity index (χ3v) is 6.37. The Labute approximate surface area is 193 Å². The number of hydrogen-bond donors (Lipinski definition) is 1. The van der Waals surface area contributed by atoms with Crippen LogP contribution in [0, 0.1) is 0 Å². The fraction of sp³-hybridized carbons (Fsp3) is 0.458. The van der Waals surface area contributed by atoms with Gasteiger partial charge in [0.05, 0.1) is 12.9 Å². The number of likely N-dealkylation sites (tertiary alicyclic amines) is 1. The monoisotopic (exact) mass is 454 g/mol. The minimum Gasteiger partial charge on any atom is -0.459 e. The molecule has 3 heterocycles. The first-order valence-electron chi connectivity index (χ1n) is 11.3. The predicted molar refractivity (Wildman–Crippen MR) is 122 cm³/mol. The summed E-state index contributed by atoms with van der Waals surface area (Å²) in [5.41, 5.74) is 0.150. The number of benzene rings is 1. The third kappa shape index (κ3) is 4.73. The quantitative estimate of drug-likeness (QED) is 0.611. The van der Waals surface area contributed by atoms with Gasteiger partial charge in [0.15, 0.2) is 5.76 Å². The Bertz CT molecular complexity index is 954. The van der Waals surface area contributed by atoms with E-state index in [4.69, 9.17) is 9.15 Å². The lowest BCUT2D eigenvalue weighted by Crippen LogP contribution is -2.57. The molecule has 2 saturated heterocycles. The molecule has 0 bridgehead atoms. The van der Waals surface area contributed by atoms with Crippen molar-refractivity contribution in [3.8, 4) is 0 Å². The van der Waals surface area contributed by atoms with Crippen LogP contribution in [0.2, 0.25) is 0 Å². The molecule has 33 heavy (non-hydrogen) atoms. The number of nitrogens with one attached hydrogen (secondary N) is 1. The Hall–Kier alpha value is -3.33.